The predicted octanol–water partition coefficient (Wildman–Crippen LogP) is 3.87. The maximum atomic E-state index is 12.4. The highest BCUT2D eigenvalue weighted by molar-refractivity contribution is 7.80. The minimum Gasteiger partial charge on any atom is -0.494 e. The van der Waals surface area contributed by atoms with Crippen molar-refractivity contribution in [1.29, 1.82) is 0 Å². The minimum absolute atomic E-state index is 0.0692. The normalized spacial score (nSPS) is 10.0. The number of hydrogen-bond donors (Lipinski definition) is 3. The molecule has 0 atom stereocenters. The molecule has 3 N–H and O–H groups in total. The van der Waals surface area contributed by atoms with E-state index in [0.717, 1.165) is 5.56 Å². The van der Waals surface area contributed by atoms with E-state index < -0.39 is 0 Å². The molecule has 0 saturated carbocycles. The van der Waals surface area contributed by atoms with Crippen LogP contribution in [-0.4, -0.2) is 23.5 Å². The van der Waals surface area contributed by atoms with E-state index >= 15 is 0 Å². The smallest absolute Gasteiger partial charge is 0.257 e. The fraction of sp³-hybridized carbons (Fsp3) is 0.250. The second kappa shape index (κ2) is 9.68. The van der Waals surface area contributed by atoms with Crippen LogP contribution in [0.2, 0.25) is 0 Å². The molecule has 27 heavy (non-hydrogen) atoms. The van der Waals surface area contributed by atoms with Gasteiger partial charge in [-0.3, -0.25) is 14.9 Å². The summed E-state index contributed by atoms with van der Waals surface area (Å²) in [7, 11) is 0. The van der Waals surface area contributed by atoms with Crippen LogP contribution in [0.25, 0.3) is 0 Å². The fourth-order valence-electron chi connectivity index (χ4n) is 2.37. The third-order valence-electron chi connectivity index (χ3n) is 3.81. The van der Waals surface area contributed by atoms with Gasteiger partial charge in [-0.2, -0.15) is 0 Å². The Hall–Kier alpha value is -2.93. The molecule has 0 aliphatic rings. The Morgan fingerprint density at radius 3 is 2.37 bits per heavy atom. The number of rotatable bonds is 6. The Balaban J connectivity index is 2.05. The highest BCUT2D eigenvalue weighted by atomic mass is 32.1. The van der Waals surface area contributed by atoms with Crippen molar-refractivity contribution in [3.05, 3.63) is 53.6 Å². The number of thiocarbonyl (C=S) groups is 1. The Kier molecular flexibility index (Phi) is 7.31. The summed E-state index contributed by atoms with van der Waals surface area (Å²) >= 11 is 5.25. The third-order valence-corrected chi connectivity index (χ3v) is 4.02. The number of carbonyl (C=O) groups excluding carboxylic acids is 2. The van der Waals surface area contributed by atoms with Crippen LogP contribution in [0.1, 0.15) is 36.2 Å². The van der Waals surface area contributed by atoms with Crippen LogP contribution in [0.15, 0.2) is 42.5 Å². The zero-order chi connectivity index (χ0) is 19.8. The third kappa shape index (κ3) is 5.79. The van der Waals surface area contributed by atoms with Gasteiger partial charge in [0.05, 0.1) is 6.61 Å². The van der Waals surface area contributed by atoms with E-state index in [1.165, 1.54) is 0 Å². The van der Waals surface area contributed by atoms with E-state index in [9.17, 15) is 9.59 Å². The average Bonchev–Trinajstić information content (AvgIpc) is 2.65. The number of carbonyl (C=O) groups is 2. The van der Waals surface area contributed by atoms with E-state index in [-0.39, 0.29) is 16.9 Å². The first-order valence-corrected chi connectivity index (χ1v) is 9.10. The van der Waals surface area contributed by atoms with E-state index in [4.69, 9.17) is 17.0 Å². The molecule has 2 aromatic carbocycles. The van der Waals surface area contributed by atoms with Gasteiger partial charge in [0.1, 0.15) is 5.75 Å². The molecular weight excluding hydrogens is 362 g/mol. The van der Waals surface area contributed by atoms with Gasteiger partial charge in [0.2, 0.25) is 5.91 Å². The summed E-state index contributed by atoms with van der Waals surface area (Å²) in [5.41, 5.74) is 2.68. The number of amides is 2. The van der Waals surface area contributed by atoms with Crippen LogP contribution >= 0.6 is 12.2 Å². The second-order valence-electron chi connectivity index (χ2n) is 5.75. The maximum absolute atomic E-state index is 12.4. The lowest BCUT2D eigenvalue weighted by Crippen LogP contribution is -2.34. The van der Waals surface area contributed by atoms with Crippen LogP contribution in [0.5, 0.6) is 5.75 Å². The molecular formula is C20H23N3O3S. The van der Waals surface area contributed by atoms with E-state index in [1.807, 2.05) is 26.0 Å². The Labute approximate surface area is 164 Å². The molecule has 2 amide bonds. The molecule has 142 valence electrons. The number of benzene rings is 2. The zero-order valence-corrected chi connectivity index (χ0v) is 16.4. The molecule has 6 nitrogen and oxygen atoms in total. The van der Waals surface area contributed by atoms with Gasteiger partial charge in [-0.25, -0.2) is 0 Å². The van der Waals surface area contributed by atoms with Gasteiger partial charge in [-0.15, -0.1) is 0 Å². The van der Waals surface area contributed by atoms with E-state index in [0.29, 0.717) is 35.7 Å². The molecule has 0 unspecified atom stereocenters. The molecule has 0 aliphatic carbocycles. The van der Waals surface area contributed by atoms with Crippen molar-refractivity contribution in [2.75, 3.05) is 17.2 Å². The maximum Gasteiger partial charge on any atom is 0.257 e. The molecule has 7 heteroatoms. The summed E-state index contributed by atoms with van der Waals surface area (Å²) in [6.07, 6.45) is 0.395. The first-order chi connectivity index (χ1) is 12.9. The number of nitrogens with one attached hydrogen (secondary N) is 3. The van der Waals surface area contributed by atoms with E-state index in [1.54, 1.807) is 37.3 Å². The highest BCUT2D eigenvalue weighted by Crippen LogP contribution is 2.23. The molecule has 0 aliphatic heterocycles. The van der Waals surface area contributed by atoms with Gasteiger partial charge in [-0.05, 0) is 62.0 Å². The fourth-order valence-corrected chi connectivity index (χ4v) is 2.57. The number of ether oxygens (including phenoxy) is 1. The van der Waals surface area contributed by atoms with Crippen molar-refractivity contribution < 1.29 is 14.3 Å². The predicted molar refractivity (Wildman–Crippen MR) is 111 cm³/mol. The molecule has 2 aromatic rings. The van der Waals surface area contributed by atoms with Crippen LogP contribution in [-0.2, 0) is 4.79 Å². The average molecular weight is 385 g/mol. The standard InChI is InChI=1S/C20H23N3O3S/c1-4-18(24)21-16-10-7-11-17(13(16)3)22-20(27)23-19(25)14-8-6-9-15(12-14)26-5-2/h6-12H,4-5H2,1-3H3,(H,21,24)(H2,22,23,25,27). The van der Waals surface area contributed by atoms with Crippen molar-refractivity contribution in [1.82, 2.24) is 5.32 Å². The molecule has 0 bridgehead atoms. The minimum atomic E-state index is -0.331. The first-order valence-electron chi connectivity index (χ1n) is 8.69. The van der Waals surface area contributed by atoms with Crippen LogP contribution in [0.3, 0.4) is 0 Å². The SMILES string of the molecule is CCOc1cccc(C(=O)NC(=S)Nc2cccc(NC(=O)CC)c2C)c1. The molecule has 0 heterocycles. The summed E-state index contributed by atoms with van der Waals surface area (Å²) < 4.78 is 5.40. The molecule has 0 spiro atoms. The number of anilines is 2. The Morgan fingerprint density at radius 2 is 1.70 bits per heavy atom. The molecule has 0 aromatic heterocycles. The second-order valence-corrected chi connectivity index (χ2v) is 6.16. The zero-order valence-electron chi connectivity index (χ0n) is 15.6. The van der Waals surface area contributed by atoms with Gasteiger partial charge in [0.25, 0.3) is 5.91 Å². The quantitative estimate of drug-likeness (QED) is 0.658. The summed E-state index contributed by atoms with van der Waals surface area (Å²) in [5.74, 6) is 0.224. The van der Waals surface area contributed by atoms with Gasteiger partial charge in [0, 0.05) is 23.4 Å². The lowest BCUT2D eigenvalue weighted by atomic mass is 10.1. The van der Waals surface area contributed by atoms with E-state index in [2.05, 4.69) is 16.0 Å². The molecule has 0 fully saturated rings. The van der Waals surface area contributed by atoms with Gasteiger partial charge in [-0.1, -0.05) is 19.1 Å². The topological polar surface area (TPSA) is 79.5 Å². The molecule has 0 saturated heterocycles. The van der Waals surface area contributed by atoms with Crippen LogP contribution in [0.4, 0.5) is 11.4 Å². The van der Waals surface area contributed by atoms with Gasteiger partial charge >= 0.3 is 0 Å². The molecule has 2 rings (SSSR count). The van der Waals surface area contributed by atoms with Crippen LogP contribution < -0.4 is 20.7 Å². The van der Waals surface area contributed by atoms with Gasteiger partial charge < -0.3 is 15.4 Å². The summed E-state index contributed by atoms with van der Waals surface area (Å²) in [6, 6.07) is 12.3. The Bertz CT molecular complexity index is 852. The monoisotopic (exact) mass is 385 g/mol. The summed E-state index contributed by atoms with van der Waals surface area (Å²) in [4.78, 5) is 24.0. The van der Waals surface area contributed by atoms with Crippen molar-refractivity contribution in [3.8, 4) is 5.75 Å². The van der Waals surface area contributed by atoms with Crippen molar-refractivity contribution >= 4 is 40.5 Å². The molecule has 0 radical (unpaired) electrons. The largest absolute Gasteiger partial charge is 0.494 e. The van der Waals surface area contributed by atoms with Crippen molar-refractivity contribution in [2.24, 2.45) is 0 Å². The summed E-state index contributed by atoms with van der Waals surface area (Å²) in [5, 5.41) is 8.66. The lowest BCUT2D eigenvalue weighted by Gasteiger charge is -2.15. The highest BCUT2D eigenvalue weighted by Gasteiger charge is 2.11. The first kappa shape index (κ1) is 20.4. The van der Waals surface area contributed by atoms with Gasteiger partial charge in [0.15, 0.2) is 5.11 Å². The van der Waals surface area contributed by atoms with Crippen molar-refractivity contribution in [3.63, 3.8) is 0 Å². The lowest BCUT2D eigenvalue weighted by molar-refractivity contribution is -0.115. The van der Waals surface area contributed by atoms with Crippen molar-refractivity contribution in [2.45, 2.75) is 27.2 Å². The number of hydrogen-bond acceptors (Lipinski definition) is 4. The Morgan fingerprint density at radius 1 is 1.04 bits per heavy atom. The van der Waals surface area contributed by atoms with Crippen LogP contribution in [0, 0.1) is 6.92 Å². The summed E-state index contributed by atoms with van der Waals surface area (Å²) in [6.45, 7) is 6.06.